The van der Waals surface area contributed by atoms with Crippen LogP contribution in [0.2, 0.25) is 12.1 Å². The van der Waals surface area contributed by atoms with E-state index in [2.05, 4.69) is 6.55 Å². The van der Waals surface area contributed by atoms with Crippen LogP contribution in [0.4, 0.5) is 0 Å². The van der Waals surface area contributed by atoms with Gasteiger partial charge in [0.25, 0.3) is 0 Å². The first-order chi connectivity index (χ1) is 8.24. The number of hydrogen-bond acceptors (Lipinski definition) is 2. The summed E-state index contributed by atoms with van der Waals surface area (Å²) in [6, 6.07) is 10.1. The molecule has 0 N–H and O–H groups in total. The van der Waals surface area contributed by atoms with Crippen molar-refractivity contribution >= 4 is 8.56 Å². The zero-order valence-corrected chi connectivity index (χ0v) is 11.8. The fourth-order valence-electron chi connectivity index (χ4n) is 2.64. The van der Waals surface area contributed by atoms with Crippen molar-refractivity contribution in [3.05, 3.63) is 30.3 Å². The molecular formula is C14H22O2Si. The van der Waals surface area contributed by atoms with Crippen LogP contribution in [-0.4, -0.2) is 15.7 Å². The molecule has 0 radical (unpaired) electrons. The predicted molar refractivity (Wildman–Crippen MR) is 72.5 cm³/mol. The normalized spacial score (nSPS) is 20.8. The van der Waals surface area contributed by atoms with Crippen LogP contribution in [0.15, 0.2) is 30.3 Å². The Labute approximate surface area is 105 Å². The fraction of sp³-hybridized carbons (Fsp3) is 0.571. The highest BCUT2D eigenvalue weighted by molar-refractivity contribution is 6.68. The average molecular weight is 250 g/mol. The van der Waals surface area contributed by atoms with E-state index in [1.807, 2.05) is 37.4 Å². The van der Waals surface area contributed by atoms with Gasteiger partial charge in [0, 0.05) is 12.7 Å². The molecule has 0 spiro atoms. The van der Waals surface area contributed by atoms with Crippen LogP contribution in [0.3, 0.4) is 0 Å². The Balaban J connectivity index is 2.07. The zero-order chi connectivity index (χ0) is 12.1. The van der Waals surface area contributed by atoms with Gasteiger partial charge in [-0.05, 0) is 31.5 Å². The van der Waals surface area contributed by atoms with Crippen molar-refractivity contribution in [1.82, 2.24) is 0 Å². The highest BCUT2D eigenvalue weighted by Crippen LogP contribution is 2.38. The molecule has 94 valence electrons. The third-order valence-corrected chi connectivity index (χ3v) is 7.33. The van der Waals surface area contributed by atoms with E-state index in [1.54, 1.807) is 0 Å². The molecular weight excluding hydrogens is 228 g/mol. The van der Waals surface area contributed by atoms with E-state index < -0.39 is 8.56 Å². The minimum absolute atomic E-state index is 0.640. The Bertz CT molecular complexity index is 335. The number of hydrogen-bond donors (Lipinski definition) is 0. The van der Waals surface area contributed by atoms with Gasteiger partial charge in [0.1, 0.15) is 5.75 Å². The van der Waals surface area contributed by atoms with Crippen LogP contribution in [0.5, 0.6) is 5.75 Å². The van der Waals surface area contributed by atoms with Gasteiger partial charge in [0.15, 0.2) is 0 Å². The minimum atomic E-state index is -2.06. The second-order valence-corrected chi connectivity index (χ2v) is 8.43. The molecule has 1 fully saturated rings. The first kappa shape index (κ1) is 12.6. The van der Waals surface area contributed by atoms with E-state index in [-0.39, 0.29) is 0 Å². The molecule has 2 nitrogen and oxygen atoms in total. The molecule has 0 aromatic heterocycles. The van der Waals surface area contributed by atoms with Gasteiger partial charge >= 0.3 is 8.56 Å². The molecule has 0 bridgehead atoms. The molecule has 1 aromatic carbocycles. The number of rotatable bonds is 4. The smallest absolute Gasteiger partial charge is 0.398 e. The Kier molecular flexibility index (Phi) is 4.24. The predicted octanol–water partition coefficient (Wildman–Crippen LogP) is 4.12. The van der Waals surface area contributed by atoms with Crippen molar-refractivity contribution in [2.24, 2.45) is 0 Å². The van der Waals surface area contributed by atoms with Gasteiger partial charge in [-0.25, -0.2) is 0 Å². The van der Waals surface area contributed by atoms with Crippen molar-refractivity contribution < 1.29 is 8.85 Å². The topological polar surface area (TPSA) is 18.5 Å². The molecule has 0 heterocycles. The lowest BCUT2D eigenvalue weighted by Crippen LogP contribution is -2.46. The maximum Gasteiger partial charge on any atom is 0.398 e. The second kappa shape index (κ2) is 5.69. The Hall–Kier alpha value is -0.803. The maximum absolute atomic E-state index is 6.21. The van der Waals surface area contributed by atoms with E-state index >= 15 is 0 Å². The summed E-state index contributed by atoms with van der Waals surface area (Å²) in [5, 5.41) is 0. The van der Waals surface area contributed by atoms with Crippen LogP contribution < -0.4 is 4.43 Å². The summed E-state index contributed by atoms with van der Waals surface area (Å²) in [6.45, 7) is 2.20. The summed E-state index contributed by atoms with van der Waals surface area (Å²) in [6.07, 6.45) is 6.56. The van der Waals surface area contributed by atoms with E-state index in [0.717, 1.165) is 5.75 Å². The summed E-state index contributed by atoms with van der Waals surface area (Å²) in [7, 11) is -0.254. The van der Waals surface area contributed by atoms with Crippen LogP contribution in [0, 0.1) is 0 Å². The number of para-hydroxylation sites is 1. The van der Waals surface area contributed by atoms with E-state index in [1.165, 1.54) is 32.1 Å². The van der Waals surface area contributed by atoms with Crippen molar-refractivity contribution in [2.45, 2.75) is 44.2 Å². The van der Waals surface area contributed by atoms with Crippen LogP contribution >= 0.6 is 0 Å². The molecule has 1 aliphatic rings. The first-order valence-electron chi connectivity index (χ1n) is 6.54. The van der Waals surface area contributed by atoms with Gasteiger partial charge in [0.05, 0.1) is 0 Å². The Morgan fingerprint density at radius 1 is 1.06 bits per heavy atom. The summed E-state index contributed by atoms with van der Waals surface area (Å²) in [5.41, 5.74) is 0.640. The van der Waals surface area contributed by atoms with Gasteiger partial charge in [-0.15, -0.1) is 0 Å². The molecule has 2 rings (SSSR count). The molecule has 1 aliphatic carbocycles. The second-order valence-electron chi connectivity index (χ2n) is 4.97. The molecule has 0 amide bonds. The summed E-state index contributed by atoms with van der Waals surface area (Å²) >= 11 is 0. The lowest BCUT2D eigenvalue weighted by Gasteiger charge is -2.35. The van der Waals surface area contributed by atoms with E-state index in [0.29, 0.717) is 5.54 Å². The van der Waals surface area contributed by atoms with Crippen molar-refractivity contribution in [2.75, 3.05) is 7.11 Å². The van der Waals surface area contributed by atoms with Crippen LogP contribution in [0.1, 0.15) is 32.1 Å². The van der Waals surface area contributed by atoms with Gasteiger partial charge in [0.2, 0.25) is 0 Å². The lowest BCUT2D eigenvalue weighted by atomic mass is 10.0. The van der Waals surface area contributed by atoms with Crippen molar-refractivity contribution in [3.63, 3.8) is 0 Å². The highest BCUT2D eigenvalue weighted by atomic mass is 28.4. The third-order valence-electron chi connectivity index (χ3n) is 3.82. The van der Waals surface area contributed by atoms with E-state index in [9.17, 15) is 0 Å². The minimum Gasteiger partial charge on any atom is -0.520 e. The molecule has 1 atom stereocenters. The van der Waals surface area contributed by atoms with Gasteiger partial charge < -0.3 is 8.85 Å². The largest absolute Gasteiger partial charge is 0.520 e. The molecule has 17 heavy (non-hydrogen) atoms. The van der Waals surface area contributed by atoms with Gasteiger partial charge in [-0.2, -0.15) is 0 Å². The standard InChI is InChI=1S/C14H22O2Si/c1-15-17(2,14-11-7-4-8-12-14)16-13-9-5-3-6-10-13/h3,5-6,9-10,14H,4,7-8,11-12H2,1-2H3. The lowest BCUT2D eigenvalue weighted by molar-refractivity contribution is 0.273. The van der Waals surface area contributed by atoms with Crippen molar-refractivity contribution in [3.8, 4) is 5.75 Å². The summed E-state index contributed by atoms with van der Waals surface area (Å²) in [5.74, 6) is 0.953. The maximum atomic E-state index is 6.21. The SMILES string of the molecule is CO[Si](C)(Oc1ccccc1)C1CCCCC1. The molecule has 3 heteroatoms. The molecule has 0 aliphatic heterocycles. The first-order valence-corrected chi connectivity index (χ1v) is 8.93. The Morgan fingerprint density at radius 3 is 2.29 bits per heavy atom. The zero-order valence-electron chi connectivity index (χ0n) is 10.8. The Morgan fingerprint density at radius 2 is 1.71 bits per heavy atom. The molecule has 1 aromatic rings. The van der Waals surface area contributed by atoms with Gasteiger partial charge in [-0.1, -0.05) is 37.5 Å². The quantitative estimate of drug-likeness (QED) is 0.748. The fourth-order valence-corrected chi connectivity index (χ4v) is 5.29. The van der Waals surface area contributed by atoms with E-state index in [4.69, 9.17) is 8.85 Å². The summed E-state index contributed by atoms with van der Waals surface area (Å²) < 4.78 is 12.0. The summed E-state index contributed by atoms with van der Waals surface area (Å²) in [4.78, 5) is 0. The molecule has 1 unspecified atom stereocenters. The van der Waals surface area contributed by atoms with Crippen LogP contribution in [-0.2, 0) is 4.43 Å². The molecule has 1 saturated carbocycles. The highest BCUT2D eigenvalue weighted by Gasteiger charge is 2.42. The van der Waals surface area contributed by atoms with Crippen LogP contribution in [0.25, 0.3) is 0 Å². The molecule has 0 saturated heterocycles. The third kappa shape index (κ3) is 3.10. The monoisotopic (exact) mass is 250 g/mol. The number of benzene rings is 1. The van der Waals surface area contributed by atoms with Gasteiger partial charge in [-0.3, -0.25) is 0 Å². The average Bonchev–Trinajstić information content (AvgIpc) is 2.41. The van der Waals surface area contributed by atoms with Crippen molar-refractivity contribution in [1.29, 1.82) is 0 Å².